The average Bonchev–Trinajstić information content (AvgIpc) is 2.59. The summed E-state index contributed by atoms with van der Waals surface area (Å²) >= 11 is 3.32. The van der Waals surface area contributed by atoms with Gasteiger partial charge in [0.15, 0.2) is 0 Å². The van der Waals surface area contributed by atoms with Gasteiger partial charge in [0.2, 0.25) is 5.91 Å². The Hall–Kier alpha value is -2.54. The number of nitrogens with zero attached hydrogens (tertiary/aromatic N) is 2. The summed E-state index contributed by atoms with van der Waals surface area (Å²) in [5, 5.41) is 3.13. The van der Waals surface area contributed by atoms with Crippen LogP contribution in [0.4, 0.5) is 4.39 Å². The first kappa shape index (κ1) is 17.3. The Balaban J connectivity index is 1.65. The Morgan fingerprint density at radius 3 is 2.84 bits per heavy atom. The minimum Gasteiger partial charge on any atom is -0.354 e. The van der Waals surface area contributed by atoms with Crippen molar-refractivity contribution in [2.24, 2.45) is 0 Å². The summed E-state index contributed by atoms with van der Waals surface area (Å²) in [6.07, 6.45) is 1.74. The fraction of sp³-hybridized carbons (Fsp3) is 0.167. The summed E-state index contributed by atoms with van der Waals surface area (Å²) in [4.78, 5) is 28.7. The van der Waals surface area contributed by atoms with Gasteiger partial charge < -0.3 is 5.32 Å². The van der Waals surface area contributed by atoms with Gasteiger partial charge in [0, 0.05) is 11.0 Å². The van der Waals surface area contributed by atoms with Crippen LogP contribution in [0.1, 0.15) is 5.56 Å². The third kappa shape index (κ3) is 4.11. The number of hydrogen-bond donors (Lipinski definition) is 1. The molecule has 0 spiro atoms. The lowest BCUT2D eigenvalue weighted by molar-refractivity contribution is -0.121. The lowest BCUT2D eigenvalue weighted by Gasteiger charge is -2.08. The van der Waals surface area contributed by atoms with Gasteiger partial charge in [-0.15, -0.1) is 0 Å². The van der Waals surface area contributed by atoms with E-state index in [4.69, 9.17) is 0 Å². The van der Waals surface area contributed by atoms with Crippen molar-refractivity contribution in [3.8, 4) is 0 Å². The van der Waals surface area contributed by atoms with Crippen LogP contribution < -0.4 is 10.9 Å². The number of carbonyl (C=O) groups excluding carboxylic acids is 1. The van der Waals surface area contributed by atoms with E-state index in [1.165, 1.54) is 17.0 Å². The topological polar surface area (TPSA) is 64.0 Å². The van der Waals surface area contributed by atoms with Crippen molar-refractivity contribution < 1.29 is 9.18 Å². The molecule has 1 amide bonds. The zero-order valence-corrected chi connectivity index (χ0v) is 14.8. The van der Waals surface area contributed by atoms with Crippen LogP contribution in [0.5, 0.6) is 0 Å². The maximum absolute atomic E-state index is 13.5. The van der Waals surface area contributed by atoms with E-state index < -0.39 is 0 Å². The Kier molecular flexibility index (Phi) is 5.23. The molecular formula is C18H15BrFN3O2. The van der Waals surface area contributed by atoms with E-state index in [1.807, 2.05) is 0 Å². The van der Waals surface area contributed by atoms with E-state index in [1.54, 1.807) is 36.4 Å². The van der Waals surface area contributed by atoms with E-state index in [-0.39, 0.29) is 23.8 Å². The van der Waals surface area contributed by atoms with Crippen LogP contribution in [0.25, 0.3) is 10.9 Å². The number of aromatic nitrogens is 2. The normalized spacial score (nSPS) is 10.8. The standard InChI is InChI=1S/C18H15BrFN3O2/c19-13-5-6-16-14(9-13)18(25)23(11-22-16)10-17(24)21-8-7-12-3-1-2-4-15(12)20/h1-6,9,11H,7-8,10H2,(H,21,24). The van der Waals surface area contributed by atoms with Crippen molar-refractivity contribution in [3.63, 3.8) is 0 Å². The molecule has 0 aliphatic rings. The highest BCUT2D eigenvalue weighted by Crippen LogP contribution is 2.14. The molecule has 3 rings (SSSR count). The van der Waals surface area contributed by atoms with Crippen LogP contribution in [0.2, 0.25) is 0 Å². The van der Waals surface area contributed by atoms with Gasteiger partial charge in [-0.1, -0.05) is 34.1 Å². The van der Waals surface area contributed by atoms with E-state index in [9.17, 15) is 14.0 Å². The van der Waals surface area contributed by atoms with Crippen LogP contribution >= 0.6 is 15.9 Å². The number of fused-ring (bicyclic) bond motifs is 1. The number of hydrogen-bond acceptors (Lipinski definition) is 3. The van der Waals surface area contributed by atoms with E-state index in [2.05, 4.69) is 26.2 Å². The minimum atomic E-state index is -0.324. The molecule has 0 aliphatic heterocycles. The van der Waals surface area contributed by atoms with Gasteiger partial charge in [0.05, 0.1) is 17.2 Å². The molecule has 5 nitrogen and oxygen atoms in total. The van der Waals surface area contributed by atoms with E-state index in [0.717, 1.165) is 4.47 Å². The number of carbonyl (C=O) groups is 1. The molecule has 0 aliphatic carbocycles. The molecule has 25 heavy (non-hydrogen) atoms. The smallest absolute Gasteiger partial charge is 0.261 e. The molecule has 0 bridgehead atoms. The lowest BCUT2D eigenvalue weighted by Crippen LogP contribution is -2.33. The summed E-state index contributed by atoms with van der Waals surface area (Å²) in [6.45, 7) is 0.159. The van der Waals surface area contributed by atoms with Crippen LogP contribution in [0.3, 0.4) is 0 Å². The maximum Gasteiger partial charge on any atom is 0.261 e. The molecule has 128 valence electrons. The lowest BCUT2D eigenvalue weighted by atomic mass is 10.1. The SMILES string of the molecule is O=C(Cn1cnc2ccc(Br)cc2c1=O)NCCc1ccccc1F. The Morgan fingerprint density at radius 2 is 2.04 bits per heavy atom. The van der Waals surface area contributed by atoms with Crippen LogP contribution in [-0.2, 0) is 17.8 Å². The highest BCUT2D eigenvalue weighted by atomic mass is 79.9. The van der Waals surface area contributed by atoms with Crippen molar-refractivity contribution in [1.82, 2.24) is 14.9 Å². The second-order valence-electron chi connectivity index (χ2n) is 5.53. The summed E-state index contributed by atoms with van der Waals surface area (Å²) in [5.74, 6) is -0.619. The molecule has 0 atom stereocenters. The fourth-order valence-corrected chi connectivity index (χ4v) is 2.85. The van der Waals surface area contributed by atoms with Crippen LogP contribution in [0.15, 0.2) is 58.1 Å². The predicted octanol–water partition coefficient (Wildman–Crippen LogP) is 2.66. The molecule has 1 heterocycles. The third-order valence-electron chi connectivity index (χ3n) is 3.77. The summed E-state index contributed by atoms with van der Waals surface area (Å²) in [6, 6.07) is 11.6. The second-order valence-corrected chi connectivity index (χ2v) is 6.45. The van der Waals surface area contributed by atoms with Gasteiger partial charge in [0.1, 0.15) is 12.4 Å². The van der Waals surface area contributed by atoms with Crippen molar-refractivity contribution in [1.29, 1.82) is 0 Å². The quantitative estimate of drug-likeness (QED) is 0.711. The van der Waals surface area contributed by atoms with E-state index >= 15 is 0 Å². The number of rotatable bonds is 5. The zero-order chi connectivity index (χ0) is 17.8. The molecule has 0 unspecified atom stereocenters. The molecule has 3 aromatic rings. The van der Waals surface area contributed by atoms with Gasteiger partial charge in [-0.25, -0.2) is 9.37 Å². The van der Waals surface area contributed by atoms with Crippen LogP contribution in [-0.4, -0.2) is 22.0 Å². The Morgan fingerprint density at radius 1 is 1.24 bits per heavy atom. The fourth-order valence-electron chi connectivity index (χ4n) is 2.49. The van der Waals surface area contributed by atoms with Gasteiger partial charge in [0.25, 0.3) is 5.56 Å². The van der Waals surface area contributed by atoms with Gasteiger partial charge in [-0.05, 0) is 36.2 Å². The Bertz CT molecular complexity index is 987. The molecule has 0 fully saturated rings. The second kappa shape index (κ2) is 7.57. The molecule has 2 aromatic carbocycles. The van der Waals surface area contributed by atoms with Crippen LogP contribution in [0, 0.1) is 5.82 Å². The highest BCUT2D eigenvalue weighted by Gasteiger charge is 2.09. The van der Waals surface area contributed by atoms with Gasteiger partial charge in [-0.2, -0.15) is 0 Å². The molecule has 0 saturated carbocycles. The number of amides is 1. The first-order valence-corrected chi connectivity index (χ1v) is 8.49. The van der Waals surface area contributed by atoms with Gasteiger partial charge in [-0.3, -0.25) is 14.2 Å². The van der Waals surface area contributed by atoms with E-state index in [0.29, 0.717) is 29.4 Å². The highest BCUT2D eigenvalue weighted by molar-refractivity contribution is 9.10. The third-order valence-corrected chi connectivity index (χ3v) is 4.27. The molecule has 1 aromatic heterocycles. The summed E-state index contributed by atoms with van der Waals surface area (Å²) in [7, 11) is 0. The largest absolute Gasteiger partial charge is 0.354 e. The monoisotopic (exact) mass is 403 g/mol. The number of nitrogens with one attached hydrogen (secondary N) is 1. The molecule has 1 N–H and O–H groups in total. The summed E-state index contributed by atoms with van der Waals surface area (Å²) < 4.78 is 15.6. The van der Waals surface area contributed by atoms with Crippen molar-refractivity contribution >= 4 is 32.7 Å². The Labute approximate surface area is 151 Å². The minimum absolute atomic E-state index is 0.133. The van der Waals surface area contributed by atoms with Crippen molar-refractivity contribution in [2.45, 2.75) is 13.0 Å². The molecular weight excluding hydrogens is 389 g/mol. The van der Waals surface area contributed by atoms with Gasteiger partial charge >= 0.3 is 0 Å². The predicted molar refractivity (Wildman–Crippen MR) is 96.8 cm³/mol. The van der Waals surface area contributed by atoms with Crippen molar-refractivity contribution in [2.75, 3.05) is 6.54 Å². The van der Waals surface area contributed by atoms with Crippen molar-refractivity contribution in [3.05, 3.63) is 75.0 Å². The average molecular weight is 404 g/mol. The number of halogens is 2. The molecule has 0 saturated heterocycles. The maximum atomic E-state index is 13.5. The first-order valence-electron chi connectivity index (χ1n) is 7.69. The zero-order valence-electron chi connectivity index (χ0n) is 13.2. The summed E-state index contributed by atoms with van der Waals surface area (Å²) in [5.41, 5.74) is 0.831. The molecule has 7 heteroatoms. The first-order chi connectivity index (χ1) is 12.0. The molecule has 0 radical (unpaired) electrons. The number of benzene rings is 2.